The molecular formula is C12H15NO6S. The van der Waals surface area contributed by atoms with Gasteiger partial charge in [-0.3, -0.25) is 10.1 Å². The van der Waals surface area contributed by atoms with Crippen LogP contribution in [0.3, 0.4) is 0 Å². The van der Waals surface area contributed by atoms with Gasteiger partial charge in [-0.05, 0) is 24.5 Å². The topological polar surface area (TPSA) is 115 Å². The van der Waals surface area contributed by atoms with Crippen molar-refractivity contribution in [2.45, 2.75) is 31.1 Å². The van der Waals surface area contributed by atoms with Crippen LogP contribution in [0.5, 0.6) is 0 Å². The van der Waals surface area contributed by atoms with Gasteiger partial charge in [0, 0.05) is 6.26 Å². The minimum Gasteiger partial charge on any atom is -0.477 e. The lowest BCUT2D eigenvalue weighted by Gasteiger charge is -2.10. The lowest BCUT2D eigenvalue weighted by Crippen LogP contribution is -2.12. The number of carboxylic acids is 1. The summed E-state index contributed by atoms with van der Waals surface area (Å²) in [5, 5.41) is 20.1. The predicted octanol–water partition coefficient (Wildman–Crippen LogP) is 2.04. The summed E-state index contributed by atoms with van der Waals surface area (Å²) in [6, 6.07) is 2.42. The van der Waals surface area contributed by atoms with E-state index in [-0.39, 0.29) is 5.56 Å². The third-order valence-electron chi connectivity index (χ3n) is 2.80. The second-order valence-electron chi connectivity index (χ2n) is 4.39. The Morgan fingerprint density at radius 3 is 2.40 bits per heavy atom. The zero-order valence-corrected chi connectivity index (χ0v) is 11.9. The molecule has 8 heteroatoms. The van der Waals surface area contributed by atoms with E-state index >= 15 is 0 Å². The van der Waals surface area contributed by atoms with Gasteiger partial charge in [0.05, 0.1) is 4.92 Å². The molecule has 0 amide bonds. The van der Waals surface area contributed by atoms with E-state index < -0.39 is 36.9 Å². The van der Waals surface area contributed by atoms with Crippen LogP contribution in [0.1, 0.15) is 35.7 Å². The maximum atomic E-state index is 11.8. The summed E-state index contributed by atoms with van der Waals surface area (Å²) in [6.07, 6.45) is 2.64. The van der Waals surface area contributed by atoms with Crippen molar-refractivity contribution >= 4 is 21.5 Å². The van der Waals surface area contributed by atoms with Gasteiger partial charge in [0.25, 0.3) is 0 Å². The average Bonchev–Trinajstić information content (AvgIpc) is 2.33. The van der Waals surface area contributed by atoms with Crippen molar-refractivity contribution in [1.82, 2.24) is 0 Å². The number of unbranched alkanes of at least 4 members (excludes halogenated alkanes) is 1. The number of benzene rings is 1. The van der Waals surface area contributed by atoms with Crippen molar-refractivity contribution in [2.75, 3.05) is 6.26 Å². The molecule has 1 aromatic rings. The van der Waals surface area contributed by atoms with E-state index in [2.05, 4.69) is 0 Å². The van der Waals surface area contributed by atoms with Crippen molar-refractivity contribution in [2.24, 2.45) is 0 Å². The number of sulfone groups is 1. The van der Waals surface area contributed by atoms with E-state index in [1.54, 1.807) is 0 Å². The number of carboxylic acid groups (broad SMARTS) is 1. The molecule has 0 saturated heterocycles. The Labute approximate surface area is 116 Å². The van der Waals surface area contributed by atoms with E-state index in [9.17, 15) is 23.3 Å². The molecule has 0 atom stereocenters. The van der Waals surface area contributed by atoms with Gasteiger partial charge >= 0.3 is 11.7 Å². The quantitative estimate of drug-likeness (QED) is 0.635. The first kappa shape index (κ1) is 16.1. The number of nitro benzene ring substituents is 1. The molecule has 7 nitrogen and oxygen atoms in total. The first-order chi connectivity index (χ1) is 9.20. The van der Waals surface area contributed by atoms with Gasteiger partial charge in [0.2, 0.25) is 0 Å². The van der Waals surface area contributed by atoms with Crippen molar-refractivity contribution in [1.29, 1.82) is 0 Å². The van der Waals surface area contributed by atoms with Crippen LogP contribution in [-0.2, 0) is 16.3 Å². The number of nitrogens with zero attached hydrogens (tertiary/aromatic N) is 1. The van der Waals surface area contributed by atoms with Crippen LogP contribution in [0.4, 0.5) is 5.69 Å². The summed E-state index contributed by atoms with van der Waals surface area (Å²) in [4.78, 5) is 20.7. The molecule has 0 aliphatic heterocycles. The number of carbonyl (C=O) groups is 1. The summed E-state index contributed by atoms with van der Waals surface area (Å²) < 4.78 is 23.6. The first-order valence-electron chi connectivity index (χ1n) is 5.93. The van der Waals surface area contributed by atoms with Gasteiger partial charge < -0.3 is 5.11 Å². The third kappa shape index (κ3) is 3.32. The maximum absolute atomic E-state index is 11.8. The second kappa shape index (κ2) is 6.00. The first-order valence-corrected chi connectivity index (χ1v) is 7.82. The summed E-state index contributed by atoms with van der Waals surface area (Å²) >= 11 is 0. The van der Waals surface area contributed by atoms with Crippen LogP contribution >= 0.6 is 0 Å². The Kier molecular flexibility index (Phi) is 4.83. The number of aryl methyl sites for hydroxylation is 1. The fourth-order valence-electron chi connectivity index (χ4n) is 1.94. The van der Waals surface area contributed by atoms with E-state index in [0.29, 0.717) is 12.8 Å². The van der Waals surface area contributed by atoms with Gasteiger partial charge in [-0.2, -0.15) is 0 Å². The fourth-order valence-corrected chi connectivity index (χ4v) is 3.13. The lowest BCUT2D eigenvalue weighted by atomic mass is 10.0. The molecule has 0 fully saturated rings. The standard InChI is InChI=1S/C12H15NO6S/c1-3-4-5-8-6-7-9(12(14)15)10(13(16)17)11(8)20(2,18)19/h6-7H,3-5H2,1-2H3,(H,14,15). The molecule has 0 aliphatic carbocycles. The molecule has 0 spiro atoms. The smallest absolute Gasteiger partial charge is 0.342 e. The zero-order valence-electron chi connectivity index (χ0n) is 11.1. The summed E-state index contributed by atoms with van der Waals surface area (Å²) in [5.41, 5.74) is -1.18. The number of nitro groups is 1. The third-order valence-corrected chi connectivity index (χ3v) is 3.99. The SMILES string of the molecule is CCCCc1ccc(C(=O)O)c([N+](=O)[O-])c1S(C)(=O)=O. The van der Waals surface area contributed by atoms with Crippen LogP contribution in [0.15, 0.2) is 17.0 Å². The number of hydrogen-bond donors (Lipinski definition) is 1. The van der Waals surface area contributed by atoms with Gasteiger partial charge in [-0.25, -0.2) is 13.2 Å². The highest BCUT2D eigenvalue weighted by Crippen LogP contribution is 2.32. The monoisotopic (exact) mass is 301 g/mol. The summed E-state index contributed by atoms with van der Waals surface area (Å²) in [5.74, 6) is -1.52. The van der Waals surface area contributed by atoms with Crippen LogP contribution in [-0.4, -0.2) is 30.7 Å². The molecule has 0 saturated carbocycles. The molecular weight excluding hydrogens is 286 g/mol. The molecule has 0 aromatic heterocycles. The fraction of sp³-hybridized carbons (Fsp3) is 0.417. The van der Waals surface area contributed by atoms with E-state index in [0.717, 1.165) is 18.7 Å². The van der Waals surface area contributed by atoms with Gasteiger partial charge in [-0.15, -0.1) is 0 Å². The Morgan fingerprint density at radius 2 is 2.00 bits per heavy atom. The Balaban J connectivity index is 3.71. The minimum atomic E-state index is -3.90. The van der Waals surface area contributed by atoms with E-state index in [1.165, 1.54) is 6.07 Å². The Bertz CT molecular complexity index is 650. The van der Waals surface area contributed by atoms with Crippen LogP contribution in [0, 0.1) is 10.1 Å². The van der Waals surface area contributed by atoms with Crippen molar-refractivity contribution in [3.8, 4) is 0 Å². The molecule has 0 bridgehead atoms. The minimum absolute atomic E-state index is 0.283. The summed E-state index contributed by atoms with van der Waals surface area (Å²) in [7, 11) is -3.90. The average molecular weight is 301 g/mol. The number of aromatic carboxylic acids is 1. The van der Waals surface area contributed by atoms with Gasteiger partial charge in [-0.1, -0.05) is 19.4 Å². The molecule has 1 rings (SSSR count). The molecule has 20 heavy (non-hydrogen) atoms. The molecule has 0 radical (unpaired) electrons. The van der Waals surface area contributed by atoms with Crippen molar-refractivity contribution in [3.05, 3.63) is 33.4 Å². The van der Waals surface area contributed by atoms with Crippen LogP contribution < -0.4 is 0 Å². The second-order valence-corrected chi connectivity index (χ2v) is 6.34. The Hall–Kier alpha value is -1.96. The van der Waals surface area contributed by atoms with Crippen LogP contribution in [0.2, 0.25) is 0 Å². The maximum Gasteiger partial charge on any atom is 0.342 e. The predicted molar refractivity (Wildman–Crippen MR) is 71.8 cm³/mol. The largest absolute Gasteiger partial charge is 0.477 e. The lowest BCUT2D eigenvalue weighted by molar-refractivity contribution is -0.388. The molecule has 110 valence electrons. The van der Waals surface area contributed by atoms with Crippen molar-refractivity contribution < 1.29 is 23.2 Å². The molecule has 1 aromatic carbocycles. The van der Waals surface area contributed by atoms with Crippen LogP contribution in [0.25, 0.3) is 0 Å². The van der Waals surface area contributed by atoms with Crippen molar-refractivity contribution in [3.63, 3.8) is 0 Å². The number of hydrogen-bond acceptors (Lipinski definition) is 5. The highest BCUT2D eigenvalue weighted by atomic mass is 32.2. The van der Waals surface area contributed by atoms with E-state index in [4.69, 9.17) is 5.11 Å². The molecule has 0 unspecified atom stereocenters. The highest BCUT2D eigenvalue weighted by Gasteiger charge is 2.32. The van der Waals surface area contributed by atoms with Gasteiger partial charge in [0.1, 0.15) is 10.5 Å². The molecule has 0 heterocycles. The van der Waals surface area contributed by atoms with E-state index in [1.807, 2.05) is 6.92 Å². The molecule has 0 aliphatic rings. The summed E-state index contributed by atoms with van der Waals surface area (Å²) in [6.45, 7) is 1.90. The highest BCUT2D eigenvalue weighted by molar-refractivity contribution is 7.91. The van der Waals surface area contributed by atoms with Gasteiger partial charge in [0.15, 0.2) is 9.84 Å². The Morgan fingerprint density at radius 1 is 1.40 bits per heavy atom. The zero-order chi connectivity index (χ0) is 15.5. The number of rotatable bonds is 6. The normalized spacial score (nSPS) is 11.3. The molecule has 1 N–H and O–H groups in total.